The van der Waals surface area contributed by atoms with Crippen LogP contribution in [0.15, 0.2) is 42.7 Å². The first-order valence-corrected chi connectivity index (χ1v) is 11.1. The number of carbonyl (C=O) groups excluding carboxylic acids is 4. The van der Waals surface area contributed by atoms with Crippen LogP contribution in [0.4, 0.5) is 23.0 Å². The molecule has 37 heavy (non-hydrogen) atoms. The lowest BCUT2D eigenvalue weighted by Crippen LogP contribution is -2.21. The first-order chi connectivity index (χ1) is 17.7. The molecule has 0 spiro atoms. The average molecular weight is 507 g/mol. The largest absolute Gasteiger partial charge is 0.344 e. The Hall–Kier alpha value is -4.95. The van der Waals surface area contributed by atoms with E-state index in [4.69, 9.17) is 11.5 Å². The van der Waals surface area contributed by atoms with Crippen LogP contribution in [-0.4, -0.2) is 55.8 Å². The fraction of sp³-hybridized carbons (Fsp3) is 0.174. The third-order valence-electron chi connectivity index (χ3n) is 5.39. The van der Waals surface area contributed by atoms with Gasteiger partial charge in [0.05, 0.1) is 35.5 Å². The molecule has 0 radical (unpaired) electrons. The predicted octanol–water partition coefficient (Wildman–Crippen LogP) is 0.539. The van der Waals surface area contributed by atoms with E-state index in [9.17, 15) is 19.2 Å². The van der Waals surface area contributed by atoms with Crippen molar-refractivity contribution in [3.05, 3.63) is 54.1 Å². The molecule has 4 amide bonds. The summed E-state index contributed by atoms with van der Waals surface area (Å²) in [5.41, 5.74) is 13.8. The molecule has 0 unspecified atom stereocenters. The Morgan fingerprint density at radius 2 is 1.32 bits per heavy atom. The Morgan fingerprint density at radius 3 is 1.86 bits per heavy atom. The van der Waals surface area contributed by atoms with Gasteiger partial charge >= 0.3 is 0 Å². The number of amides is 4. The molecule has 0 bridgehead atoms. The van der Waals surface area contributed by atoms with E-state index >= 15 is 0 Å². The van der Waals surface area contributed by atoms with Crippen LogP contribution in [-0.2, 0) is 23.7 Å². The number of aromatic nitrogens is 4. The van der Waals surface area contributed by atoms with E-state index in [1.807, 2.05) is 0 Å². The second-order valence-corrected chi connectivity index (χ2v) is 8.18. The topological polar surface area (TPSA) is 207 Å². The van der Waals surface area contributed by atoms with Crippen LogP contribution in [0.5, 0.6) is 0 Å². The zero-order valence-corrected chi connectivity index (χ0v) is 20.1. The van der Waals surface area contributed by atoms with Crippen molar-refractivity contribution in [1.29, 1.82) is 0 Å². The van der Waals surface area contributed by atoms with Gasteiger partial charge in [-0.2, -0.15) is 0 Å². The van der Waals surface area contributed by atoms with Crippen molar-refractivity contribution in [1.82, 2.24) is 19.1 Å². The van der Waals surface area contributed by atoms with Crippen molar-refractivity contribution in [2.45, 2.75) is 0 Å². The van der Waals surface area contributed by atoms with Crippen LogP contribution in [0.2, 0.25) is 0 Å². The molecule has 0 fully saturated rings. The molecule has 0 aliphatic carbocycles. The quantitative estimate of drug-likeness (QED) is 0.180. The maximum Gasteiger partial charge on any atom is 0.274 e. The minimum absolute atomic E-state index is 0.164. The molecule has 192 valence electrons. The van der Waals surface area contributed by atoms with Gasteiger partial charge in [0, 0.05) is 32.2 Å². The Balaban J connectivity index is 1.45. The summed E-state index contributed by atoms with van der Waals surface area (Å²) in [6.07, 6.45) is 3.20. The van der Waals surface area contributed by atoms with E-state index in [2.05, 4.69) is 31.2 Å². The van der Waals surface area contributed by atoms with Crippen LogP contribution in [0.25, 0.3) is 11.0 Å². The molecule has 14 nitrogen and oxygen atoms in total. The first-order valence-electron chi connectivity index (χ1n) is 11.1. The van der Waals surface area contributed by atoms with Crippen molar-refractivity contribution in [3.63, 3.8) is 0 Å². The fourth-order valence-corrected chi connectivity index (χ4v) is 3.65. The van der Waals surface area contributed by atoms with Gasteiger partial charge in [0.15, 0.2) is 0 Å². The second-order valence-electron chi connectivity index (χ2n) is 8.18. The molecular formula is C23H26N10O4. The molecule has 4 aromatic rings. The molecule has 0 atom stereocenters. The SMILES string of the molecule is Cn1cc(NC(=O)CN)cc1C(=O)Nc1ccc2nc(NC(=O)c3cc(NC(=O)CN)cn3C)[nH]c2c1. The predicted molar refractivity (Wildman–Crippen MR) is 138 cm³/mol. The zero-order valence-electron chi connectivity index (χ0n) is 20.1. The number of aryl methyl sites for hydroxylation is 2. The van der Waals surface area contributed by atoms with E-state index in [-0.39, 0.29) is 36.8 Å². The van der Waals surface area contributed by atoms with Crippen LogP contribution in [0.1, 0.15) is 21.0 Å². The van der Waals surface area contributed by atoms with Gasteiger partial charge in [0.1, 0.15) is 11.4 Å². The molecule has 0 aliphatic rings. The number of nitrogens with one attached hydrogen (secondary N) is 5. The van der Waals surface area contributed by atoms with E-state index < -0.39 is 5.91 Å². The lowest BCUT2D eigenvalue weighted by molar-refractivity contribution is -0.115. The lowest BCUT2D eigenvalue weighted by Gasteiger charge is -2.05. The van der Waals surface area contributed by atoms with Gasteiger partial charge in [-0.3, -0.25) is 24.5 Å². The number of fused-ring (bicyclic) bond motifs is 1. The number of hydrogen-bond donors (Lipinski definition) is 7. The number of nitrogens with zero attached hydrogens (tertiary/aromatic N) is 3. The van der Waals surface area contributed by atoms with Crippen molar-refractivity contribution < 1.29 is 19.2 Å². The molecule has 14 heteroatoms. The number of carbonyl (C=O) groups is 4. The summed E-state index contributed by atoms with van der Waals surface area (Å²) < 4.78 is 3.15. The molecule has 9 N–H and O–H groups in total. The summed E-state index contributed by atoms with van der Waals surface area (Å²) in [6, 6.07) is 8.12. The Morgan fingerprint density at radius 1 is 0.784 bits per heavy atom. The summed E-state index contributed by atoms with van der Waals surface area (Å²) in [5.74, 6) is -1.35. The van der Waals surface area contributed by atoms with Crippen molar-refractivity contribution in [2.75, 3.05) is 34.4 Å². The van der Waals surface area contributed by atoms with Gasteiger partial charge in [-0.05, 0) is 30.3 Å². The highest BCUT2D eigenvalue weighted by Crippen LogP contribution is 2.22. The number of aromatic amines is 1. The molecule has 3 heterocycles. The standard InChI is InChI=1S/C23H26N10O4/c1-32-10-13(26-19(34)8-24)6-17(32)21(36)28-12-3-4-15-16(5-12)30-23(29-15)31-22(37)18-7-14(11-33(18)2)27-20(35)9-25/h3-7,10-11H,8-9,24-25H2,1-2H3,(H,26,34)(H,27,35)(H,28,36)(H2,29,30,31,37). The minimum Gasteiger partial charge on any atom is -0.344 e. The van der Waals surface area contributed by atoms with Crippen LogP contribution in [0, 0.1) is 0 Å². The monoisotopic (exact) mass is 506 g/mol. The number of rotatable bonds is 8. The van der Waals surface area contributed by atoms with Crippen LogP contribution >= 0.6 is 0 Å². The zero-order chi connectivity index (χ0) is 26.7. The first kappa shape index (κ1) is 25.2. The number of nitrogens with two attached hydrogens (primary N) is 2. The van der Waals surface area contributed by atoms with Crippen molar-refractivity contribution >= 4 is 57.7 Å². The summed E-state index contributed by atoms with van der Waals surface area (Å²) in [7, 11) is 3.35. The average Bonchev–Trinajstić information content (AvgIpc) is 3.54. The highest BCUT2D eigenvalue weighted by Gasteiger charge is 2.16. The van der Waals surface area contributed by atoms with Gasteiger partial charge in [-0.15, -0.1) is 0 Å². The van der Waals surface area contributed by atoms with E-state index in [1.165, 1.54) is 6.07 Å². The smallest absolute Gasteiger partial charge is 0.274 e. The highest BCUT2D eigenvalue weighted by atomic mass is 16.2. The molecule has 1 aromatic carbocycles. The van der Waals surface area contributed by atoms with E-state index in [1.54, 1.807) is 59.9 Å². The third-order valence-corrected chi connectivity index (χ3v) is 5.39. The highest BCUT2D eigenvalue weighted by molar-refractivity contribution is 6.06. The van der Waals surface area contributed by atoms with Crippen LogP contribution < -0.4 is 32.7 Å². The number of anilines is 4. The normalized spacial score (nSPS) is 10.8. The lowest BCUT2D eigenvalue weighted by atomic mass is 10.2. The number of hydrogen-bond acceptors (Lipinski definition) is 7. The molecule has 3 aromatic heterocycles. The summed E-state index contributed by atoms with van der Waals surface area (Å²) in [5, 5.41) is 10.7. The van der Waals surface area contributed by atoms with Gasteiger partial charge in [-0.1, -0.05) is 0 Å². The number of benzene rings is 1. The number of imidazole rings is 1. The van der Waals surface area contributed by atoms with Gasteiger partial charge in [0.25, 0.3) is 11.8 Å². The maximum absolute atomic E-state index is 12.8. The summed E-state index contributed by atoms with van der Waals surface area (Å²) >= 11 is 0. The van der Waals surface area contributed by atoms with Gasteiger partial charge < -0.3 is 41.5 Å². The molecule has 0 saturated carbocycles. The summed E-state index contributed by atoms with van der Waals surface area (Å²) in [6.45, 7) is -0.334. The molecule has 0 aliphatic heterocycles. The summed E-state index contributed by atoms with van der Waals surface area (Å²) in [4.78, 5) is 55.9. The third kappa shape index (κ3) is 5.66. The van der Waals surface area contributed by atoms with E-state index in [0.717, 1.165) is 0 Å². The maximum atomic E-state index is 12.8. The Bertz CT molecular complexity index is 1440. The van der Waals surface area contributed by atoms with Crippen molar-refractivity contribution in [3.8, 4) is 0 Å². The minimum atomic E-state index is -0.440. The molecule has 4 rings (SSSR count). The Kier molecular flexibility index (Phi) is 7.04. The van der Waals surface area contributed by atoms with E-state index in [0.29, 0.717) is 39.5 Å². The van der Waals surface area contributed by atoms with Gasteiger partial charge in [-0.25, -0.2) is 4.98 Å². The molecular weight excluding hydrogens is 480 g/mol. The van der Waals surface area contributed by atoms with Gasteiger partial charge in [0.2, 0.25) is 17.8 Å². The Labute approximate surface area is 210 Å². The second kappa shape index (κ2) is 10.3. The van der Waals surface area contributed by atoms with Crippen LogP contribution in [0.3, 0.4) is 0 Å². The fourth-order valence-electron chi connectivity index (χ4n) is 3.65. The van der Waals surface area contributed by atoms with Crippen molar-refractivity contribution in [2.24, 2.45) is 25.6 Å². The molecule has 0 saturated heterocycles. The number of H-pyrrole nitrogens is 1.